The van der Waals surface area contributed by atoms with Crippen LogP contribution in [0.25, 0.3) is 10.9 Å². The summed E-state index contributed by atoms with van der Waals surface area (Å²) in [6.45, 7) is 14.0. The highest BCUT2D eigenvalue weighted by Gasteiger charge is 2.36. The first kappa shape index (κ1) is 34.9. The van der Waals surface area contributed by atoms with E-state index in [1.807, 2.05) is 43.4 Å². The number of nitrogens with one attached hydrogen (secondary N) is 1. The smallest absolute Gasteiger partial charge is 0.416 e. The largest absolute Gasteiger partial charge is 0.491 e. The van der Waals surface area contributed by atoms with E-state index in [1.54, 1.807) is 9.21 Å². The Bertz CT molecular complexity index is 1790. The number of aromatic nitrogens is 1. The summed E-state index contributed by atoms with van der Waals surface area (Å²) in [6.07, 6.45) is 6.61. The van der Waals surface area contributed by atoms with Crippen LogP contribution in [0.3, 0.4) is 0 Å². The van der Waals surface area contributed by atoms with Crippen molar-refractivity contribution in [2.45, 2.75) is 64.0 Å². The number of H-pyrrole nitrogens is 1. The maximum absolute atomic E-state index is 13.5. The van der Waals surface area contributed by atoms with Gasteiger partial charge in [-0.1, -0.05) is 43.9 Å². The second-order valence-electron chi connectivity index (χ2n) is 13.3. The van der Waals surface area contributed by atoms with Gasteiger partial charge < -0.3 is 14.5 Å². The fourth-order valence-corrected chi connectivity index (χ4v) is 10.7. The molecular weight excluding hydrogens is 657 g/mol. The van der Waals surface area contributed by atoms with E-state index in [0.29, 0.717) is 55.3 Å². The Balaban J connectivity index is 1.30. The van der Waals surface area contributed by atoms with E-state index in [9.17, 15) is 17.6 Å². The van der Waals surface area contributed by atoms with E-state index >= 15 is 0 Å². The lowest BCUT2D eigenvalue weighted by atomic mass is 9.93. The molecule has 1 fully saturated rings. The molecule has 1 amide bonds. The molecule has 5 rings (SSSR count). The van der Waals surface area contributed by atoms with Crippen LogP contribution in [0.4, 0.5) is 9.18 Å². The Morgan fingerprint density at radius 1 is 1.11 bits per heavy atom. The molecule has 8 nitrogen and oxygen atoms in total. The molecule has 2 aliphatic rings. The van der Waals surface area contributed by atoms with E-state index < -0.39 is 36.0 Å². The first-order valence-corrected chi connectivity index (χ1v) is 21.7. The van der Waals surface area contributed by atoms with Gasteiger partial charge in [0.2, 0.25) is 10.0 Å². The van der Waals surface area contributed by atoms with Gasteiger partial charge >= 0.3 is 6.09 Å². The van der Waals surface area contributed by atoms with Gasteiger partial charge in [-0.3, -0.25) is 4.90 Å². The minimum Gasteiger partial charge on any atom is -0.491 e. The molecule has 1 unspecified atom stereocenters. The number of rotatable bonds is 10. The molecule has 1 atom stereocenters. The monoisotopic (exact) mass is 699 g/mol. The predicted octanol–water partition coefficient (Wildman–Crippen LogP) is 8.22. The van der Waals surface area contributed by atoms with E-state index in [1.165, 1.54) is 24.3 Å². The summed E-state index contributed by atoms with van der Waals surface area (Å²) in [5, 5.41) is 1.62. The Hall–Kier alpha value is -3.38. The first-order valence-electron chi connectivity index (χ1n) is 16.0. The number of carbonyl (C=O) groups is 1. The summed E-state index contributed by atoms with van der Waals surface area (Å²) in [6, 6.07) is 11.2. The molecule has 0 aliphatic carbocycles. The van der Waals surface area contributed by atoms with Gasteiger partial charge in [-0.2, -0.15) is 0 Å². The maximum atomic E-state index is 13.5. The molecule has 1 saturated heterocycles. The van der Waals surface area contributed by atoms with E-state index in [4.69, 9.17) is 21.1 Å². The van der Waals surface area contributed by atoms with Crippen LogP contribution in [0, 0.1) is 5.82 Å². The molecule has 3 heterocycles. The van der Waals surface area contributed by atoms with Crippen molar-refractivity contribution in [1.82, 2.24) is 14.2 Å². The lowest BCUT2D eigenvalue weighted by molar-refractivity contribution is 0.0776. The normalized spacial score (nSPS) is 18.5. The van der Waals surface area contributed by atoms with Crippen LogP contribution in [0.1, 0.15) is 37.1 Å². The van der Waals surface area contributed by atoms with Crippen molar-refractivity contribution in [1.29, 1.82) is 0 Å². The first-order chi connectivity index (χ1) is 22.2. The van der Waals surface area contributed by atoms with Crippen LogP contribution in [-0.2, 0) is 21.2 Å². The third-order valence-corrected chi connectivity index (χ3v) is 12.9. The summed E-state index contributed by atoms with van der Waals surface area (Å²) < 4.78 is 52.9. The highest BCUT2D eigenvalue weighted by molar-refractivity contribution is 7.89. The minimum absolute atomic E-state index is 0.121. The molecule has 3 aromatic rings. The third-order valence-electron chi connectivity index (χ3n) is 8.65. The fraction of sp³-hybridized carbons (Fsp3) is 0.400. The highest BCUT2D eigenvalue weighted by Crippen LogP contribution is 2.40. The number of aromatic amines is 1. The molecule has 2 aromatic carbocycles. The Morgan fingerprint density at radius 3 is 2.47 bits per heavy atom. The van der Waals surface area contributed by atoms with Gasteiger partial charge in [-0.25, -0.2) is 21.9 Å². The molecule has 2 aliphatic heterocycles. The molecule has 0 radical (unpaired) electrons. The van der Waals surface area contributed by atoms with Gasteiger partial charge in [0.1, 0.15) is 29.5 Å². The second-order valence-corrected chi connectivity index (χ2v) is 21.5. The van der Waals surface area contributed by atoms with E-state index in [0.717, 1.165) is 28.2 Å². The molecule has 0 saturated carbocycles. The Kier molecular flexibility index (Phi) is 10.7. The molecule has 0 bridgehead atoms. The van der Waals surface area contributed by atoms with E-state index in [-0.39, 0.29) is 17.6 Å². The van der Waals surface area contributed by atoms with Crippen LogP contribution < -0.4 is 4.74 Å². The molecule has 1 N–H and O–H groups in total. The summed E-state index contributed by atoms with van der Waals surface area (Å²) in [4.78, 5) is 18.6. The SMILES string of the molecule is C=C(C=CC(=CC)OC1CCN(S(=O)(=O)CC[Si](C)(C)C)CC1)C1c2[nH]c3ccc(Cl)cc3c2CCN1C(=O)Oc1ccc(F)cc1. The van der Waals surface area contributed by atoms with Gasteiger partial charge in [-0.15, -0.1) is 0 Å². The van der Waals surface area contributed by atoms with Crippen molar-refractivity contribution in [2.75, 3.05) is 25.4 Å². The minimum atomic E-state index is -3.28. The van der Waals surface area contributed by atoms with Crippen LogP contribution in [0.5, 0.6) is 5.75 Å². The quantitative estimate of drug-likeness (QED) is 0.131. The number of amides is 1. The summed E-state index contributed by atoms with van der Waals surface area (Å²) in [5.41, 5.74) is 3.42. The number of fused-ring (bicyclic) bond motifs is 3. The lowest BCUT2D eigenvalue weighted by Crippen LogP contribution is -2.42. The van der Waals surface area contributed by atoms with Gasteiger partial charge in [0, 0.05) is 49.3 Å². The van der Waals surface area contributed by atoms with Gasteiger partial charge in [0.05, 0.1) is 5.75 Å². The average Bonchev–Trinajstić information content (AvgIpc) is 3.40. The number of hydrogen-bond acceptors (Lipinski definition) is 5. The zero-order valence-electron chi connectivity index (χ0n) is 27.4. The average molecular weight is 700 g/mol. The number of halogens is 2. The number of benzene rings is 2. The molecule has 12 heteroatoms. The predicted molar refractivity (Wildman–Crippen MR) is 189 cm³/mol. The summed E-state index contributed by atoms with van der Waals surface area (Å²) >= 11 is 6.33. The van der Waals surface area contributed by atoms with Crippen molar-refractivity contribution >= 4 is 46.7 Å². The fourth-order valence-electron chi connectivity index (χ4n) is 5.97. The second kappa shape index (κ2) is 14.4. The summed E-state index contributed by atoms with van der Waals surface area (Å²) in [5.74, 6) is 0.659. The number of carbonyl (C=O) groups excluding carboxylic acids is 1. The topological polar surface area (TPSA) is 91.9 Å². The van der Waals surface area contributed by atoms with Gasteiger partial charge in [0.25, 0.3) is 0 Å². The van der Waals surface area contributed by atoms with Crippen molar-refractivity contribution in [2.24, 2.45) is 0 Å². The van der Waals surface area contributed by atoms with Crippen molar-refractivity contribution in [3.05, 3.63) is 101 Å². The number of piperidine rings is 1. The number of hydrogen-bond donors (Lipinski definition) is 1. The van der Waals surface area contributed by atoms with Crippen LogP contribution >= 0.6 is 11.6 Å². The third kappa shape index (κ3) is 8.56. The standard InChI is InChI=1S/C35H43ClFN3O5SSi/c1-6-27(44-29-15-18-39(19-16-29)46(42,43)21-22-47(3,4)5)11-7-24(2)34-33-30(31-23-25(36)8-14-32(31)38-33)17-20-40(34)35(41)45-28-12-9-26(37)10-13-28/h6-14,23,29,34,38H,2,15-22H2,1,3-5H3. The van der Waals surface area contributed by atoms with Crippen molar-refractivity contribution in [3.63, 3.8) is 0 Å². The molecule has 1 aromatic heterocycles. The Morgan fingerprint density at radius 2 is 1.81 bits per heavy atom. The number of sulfonamides is 1. The molecule has 252 valence electrons. The Labute approximate surface area is 282 Å². The van der Waals surface area contributed by atoms with Gasteiger partial charge in [-0.05, 0) is 98.0 Å². The van der Waals surface area contributed by atoms with Crippen LogP contribution in [-0.4, -0.2) is 68.3 Å². The number of allylic oxidation sites excluding steroid dienone is 2. The molecule has 0 spiro atoms. The van der Waals surface area contributed by atoms with Crippen molar-refractivity contribution in [3.8, 4) is 5.75 Å². The number of nitrogens with zero attached hydrogens (tertiary/aromatic N) is 2. The lowest BCUT2D eigenvalue weighted by Gasteiger charge is -2.35. The molecule has 47 heavy (non-hydrogen) atoms. The van der Waals surface area contributed by atoms with Gasteiger partial charge in [0.15, 0.2) is 0 Å². The van der Waals surface area contributed by atoms with E-state index in [2.05, 4.69) is 31.2 Å². The van der Waals surface area contributed by atoms with Crippen LogP contribution in [0.2, 0.25) is 30.7 Å². The summed E-state index contributed by atoms with van der Waals surface area (Å²) in [7, 11) is -4.74. The van der Waals surface area contributed by atoms with Crippen LogP contribution in [0.15, 0.2) is 78.6 Å². The number of ether oxygens (including phenoxy) is 2. The zero-order valence-corrected chi connectivity index (χ0v) is 30.0. The maximum Gasteiger partial charge on any atom is 0.416 e. The van der Waals surface area contributed by atoms with Crippen molar-refractivity contribution < 1.29 is 27.1 Å². The zero-order chi connectivity index (χ0) is 33.9. The highest BCUT2D eigenvalue weighted by atomic mass is 35.5. The molecular formula is C35H43ClFN3O5SSi.